The number of aromatic nitrogens is 1. The lowest BCUT2D eigenvalue weighted by Gasteiger charge is -2.35. The summed E-state index contributed by atoms with van der Waals surface area (Å²) in [4.78, 5) is 13.8. The summed E-state index contributed by atoms with van der Waals surface area (Å²) in [6, 6.07) is 7.41. The van der Waals surface area contributed by atoms with Crippen molar-refractivity contribution in [3.8, 4) is 0 Å². The molecule has 0 amide bonds. The molecular weight excluding hydrogens is 220 g/mol. The van der Waals surface area contributed by atoms with Crippen LogP contribution < -0.4 is 5.76 Å². The van der Waals surface area contributed by atoms with Crippen molar-refractivity contribution in [3.63, 3.8) is 0 Å². The van der Waals surface area contributed by atoms with E-state index in [0.29, 0.717) is 25.2 Å². The molecule has 0 atom stereocenters. The number of hydrogen-bond acceptors (Lipinski definition) is 4. The number of benzene rings is 1. The third-order valence-electron chi connectivity index (χ3n) is 3.15. The third-order valence-corrected chi connectivity index (χ3v) is 3.15. The molecule has 1 aliphatic rings. The van der Waals surface area contributed by atoms with Gasteiger partial charge in [0.15, 0.2) is 5.58 Å². The summed E-state index contributed by atoms with van der Waals surface area (Å²) in [6.45, 7) is 2.76. The number of likely N-dealkylation sites (tertiary alicyclic amines) is 1. The second-order valence-corrected chi connectivity index (χ2v) is 4.40. The maximum atomic E-state index is 11.7. The van der Waals surface area contributed by atoms with Gasteiger partial charge in [0.05, 0.1) is 11.6 Å². The standard InChI is InChI=1S/C12H14N2O3/c15-9-7-13(8-9)5-6-14-10-3-1-2-4-11(10)17-12(14)16/h1-4,9,15H,5-8H2. The van der Waals surface area contributed by atoms with Crippen molar-refractivity contribution in [3.05, 3.63) is 34.8 Å². The number of aliphatic hydroxyl groups excluding tert-OH is 1. The van der Waals surface area contributed by atoms with E-state index < -0.39 is 0 Å². The van der Waals surface area contributed by atoms with Gasteiger partial charge < -0.3 is 9.52 Å². The Morgan fingerprint density at radius 1 is 1.29 bits per heavy atom. The molecule has 0 unspecified atom stereocenters. The lowest BCUT2D eigenvalue weighted by molar-refractivity contribution is 0.000465. The van der Waals surface area contributed by atoms with Crippen LogP contribution in [0.1, 0.15) is 0 Å². The maximum Gasteiger partial charge on any atom is 0.419 e. The monoisotopic (exact) mass is 234 g/mol. The molecule has 2 aromatic rings. The second kappa shape index (κ2) is 4.01. The lowest BCUT2D eigenvalue weighted by atomic mass is 10.2. The number of nitrogens with zero attached hydrogens (tertiary/aromatic N) is 2. The highest BCUT2D eigenvalue weighted by molar-refractivity contribution is 5.72. The molecular formula is C12H14N2O3. The molecule has 1 saturated heterocycles. The molecule has 5 nitrogen and oxygen atoms in total. The number of rotatable bonds is 3. The van der Waals surface area contributed by atoms with Crippen molar-refractivity contribution in [2.45, 2.75) is 12.6 Å². The summed E-state index contributed by atoms with van der Waals surface area (Å²) in [5, 5.41) is 9.17. The Balaban J connectivity index is 1.80. The molecule has 1 aromatic heterocycles. The zero-order valence-corrected chi connectivity index (χ0v) is 9.37. The van der Waals surface area contributed by atoms with E-state index in [9.17, 15) is 9.90 Å². The molecule has 3 rings (SSSR count). The van der Waals surface area contributed by atoms with Crippen molar-refractivity contribution >= 4 is 11.1 Å². The number of β-amino-alcohol motifs (C(OH)–C–C–N with tert-alkyl or cyclic N) is 1. The van der Waals surface area contributed by atoms with Gasteiger partial charge in [-0.25, -0.2) is 4.79 Å². The van der Waals surface area contributed by atoms with Gasteiger partial charge in [0.2, 0.25) is 0 Å². The first kappa shape index (κ1) is 10.6. The topological polar surface area (TPSA) is 58.6 Å². The van der Waals surface area contributed by atoms with Crippen LogP contribution in [0.25, 0.3) is 11.1 Å². The highest BCUT2D eigenvalue weighted by atomic mass is 16.4. The maximum absolute atomic E-state index is 11.7. The van der Waals surface area contributed by atoms with Gasteiger partial charge in [-0.15, -0.1) is 0 Å². The fraction of sp³-hybridized carbons (Fsp3) is 0.417. The van der Waals surface area contributed by atoms with E-state index in [-0.39, 0.29) is 11.9 Å². The minimum absolute atomic E-state index is 0.201. The quantitative estimate of drug-likeness (QED) is 0.828. The van der Waals surface area contributed by atoms with E-state index in [2.05, 4.69) is 4.90 Å². The van der Waals surface area contributed by atoms with Crippen LogP contribution in [-0.2, 0) is 6.54 Å². The molecule has 0 bridgehead atoms. The first-order chi connectivity index (χ1) is 8.24. The third kappa shape index (κ3) is 1.87. The predicted molar refractivity (Wildman–Crippen MR) is 62.9 cm³/mol. The van der Waals surface area contributed by atoms with Crippen LogP contribution in [0.4, 0.5) is 0 Å². The average molecular weight is 234 g/mol. The molecule has 0 spiro atoms. The summed E-state index contributed by atoms with van der Waals surface area (Å²) >= 11 is 0. The zero-order valence-electron chi connectivity index (χ0n) is 9.37. The normalized spacial score (nSPS) is 17.5. The number of fused-ring (bicyclic) bond motifs is 1. The highest BCUT2D eigenvalue weighted by Gasteiger charge is 2.23. The molecule has 5 heteroatoms. The van der Waals surface area contributed by atoms with Gasteiger partial charge in [-0.1, -0.05) is 12.1 Å². The van der Waals surface area contributed by atoms with E-state index in [1.54, 1.807) is 10.6 Å². The Morgan fingerprint density at radius 2 is 2.06 bits per heavy atom. The SMILES string of the molecule is O=c1oc2ccccc2n1CCN1CC(O)C1. The molecule has 1 fully saturated rings. The minimum Gasteiger partial charge on any atom is -0.408 e. The van der Waals surface area contributed by atoms with E-state index in [1.807, 2.05) is 18.2 Å². The first-order valence-corrected chi connectivity index (χ1v) is 5.73. The first-order valence-electron chi connectivity index (χ1n) is 5.73. The Morgan fingerprint density at radius 3 is 2.82 bits per heavy atom. The Labute approximate surface area is 97.9 Å². The van der Waals surface area contributed by atoms with Gasteiger partial charge in [-0.3, -0.25) is 9.47 Å². The van der Waals surface area contributed by atoms with E-state index in [1.165, 1.54) is 0 Å². The molecule has 0 aliphatic carbocycles. The lowest BCUT2D eigenvalue weighted by Crippen LogP contribution is -2.51. The van der Waals surface area contributed by atoms with E-state index in [4.69, 9.17) is 4.42 Å². The molecule has 17 heavy (non-hydrogen) atoms. The van der Waals surface area contributed by atoms with Crippen molar-refractivity contribution in [2.24, 2.45) is 0 Å². The fourth-order valence-corrected chi connectivity index (χ4v) is 2.19. The van der Waals surface area contributed by atoms with Crippen molar-refractivity contribution < 1.29 is 9.52 Å². The molecule has 1 aliphatic heterocycles. The Kier molecular flexibility index (Phi) is 2.49. The summed E-state index contributed by atoms with van der Waals surface area (Å²) in [6.07, 6.45) is -0.201. The molecule has 1 N–H and O–H groups in total. The highest BCUT2D eigenvalue weighted by Crippen LogP contribution is 2.12. The summed E-state index contributed by atoms with van der Waals surface area (Å²) in [7, 11) is 0. The van der Waals surface area contributed by atoms with Crippen molar-refractivity contribution in [1.29, 1.82) is 0 Å². The number of para-hydroxylation sites is 2. The number of oxazole rings is 1. The van der Waals surface area contributed by atoms with Crippen LogP contribution in [0.2, 0.25) is 0 Å². The van der Waals surface area contributed by atoms with Gasteiger partial charge in [0.1, 0.15) is 0 Å². The van der Waals surface area contributed by atoms with Crippen LogP contribution in [0.5, 0.6) is 0 Å². The minimum atomic E-state index is -0.313. The fourth-order valence-electron chi connectivity index (χ4n) is 2.19. The largest absolute Gasteiger partial charge is 0.419 e. The zero-order chi connectivity index (χ0) is 11.8. The van der Waals surface area contributed by atoms with Gasteiger partial charge in [0, 0.05) is 26.2 Å². The van der Waals surface area contributed by atoms with Gasteiger partial charge in [0.25, 0.3) is 0 Å². The van der Waals surface area contributed by atoms with Gasteiger partial charge in [-0.05, 0) is 12.1 Å². The molecule has 1 aromatic carbocycles. The summed E-state index contributed by atoms with van der Waals surface area (Å²) in [5.74, 6) is -0.313. The van der Waals surface area contributed by atoms with Crippen molar-refractivity contribution in [1.82, 2.24) is 9.47 Å². The second-order valence-electron chi connectivity index (χ2n) is 4.40. The van der Waals surface area contributed by atoms with Gasteiger partial charge >= 0.3 is 5.76 Å². The average Bonchev–Trinajstić information content (AvgIpc) is 2.59. The smallest absolute Gasteiger partial charge is 0.408 e. The molecule has 2 heterocycles. The Hall–Kier alpha value is -1.59. The van der Waals surface area contributed by atoms with E-state index in [0.717, 1.165) is 12.1 Å². The Bertz CT molecular complexity index is 581. The predicted octanol–water partition coefficient (Wildman–Crippen LogP) is 0.271. The van der Waals surface area contributed by atoms with Crippen LogP contribution in [0.3, 0.4) is 0 Å². The van der Waals surface area contributed by atoms with Crippen LogP contribution >= 0.6 is 0 Å². The van der Waals surface area contributed by atoms with Crippen LogP contribution in [-0.4, -0.2) is 40.3 Å². The number of hydrogen-bond donors (Lipinski definition) is 1. The number of aliphatic hydroxyl groups is 1. The van der Waals surface area contributed by atoms with Crippen molar-refractivity contribution in [2.75, 3.05) is 19.6 Å². The summed E-state index contributed by atoms with van der Waals surface area (Å²) in [5.41, 5.74) is 1.46. The summed E-state index contributed by atoms with van der Waals surface area (Å²) < 4.78 is 6.78. The molecule has 0 saturated carbocycles. The van der Waals surface area contributed by atoms with Gasteiger partial charge in [-0.2, -0.15) is 0 Å². The van der Waals surface area contributed by atoms with Crippen LogP contribution in [0.15, 0.2) is 33.5 Å². The molecule has 0 radical (unpaired) electrons. The van der Waals surface area contributed by atoms with Crippen LogP contribution in [0, 0.1) is 0 Å². The molecule has 90 valence electrons. The van der Waals surface area contributed by atoms with E-state index >= 15 is 0 Å².